The molecule has 0 saturated carbocycles. The van der Waals surface area contributed by atoms with Gasteiger partial charge < -0.3 is 14.1 Å². The summed E-state index contributed by atoms with van der Waals surface area (Å²) < 4.78 is 11.3. The van der Waals surface area contributed by atoms with Gasteiger partial charge in [0.1, 0.15) is 5.58 Å². The lowest BCUT2D eigenvalue weighted by molar-refractivity contribution is 0.313. The zero-order valence-electron chi connectivity index (χ0n) is 16.6. The fourth-order valence-electron chi connectivity index (χ4n) is 3.71. The van der Waals surface area contributed by atoms with Crippen molar-refractivity contribution in [1.29, 1.82) is 0 Å². The number of ether oxygens (including phenoxy) is 1. The van der Waals surface area contributed by atoms with Crippen LogP contribution in [0.3, 0.4) is 0 Å². The molecule has 3 nitrogen and oxygen atoms in total. The van der Waals surface area contributed by atoms with Crippen LogP contribution >= 0.6 is 0 Å². The van der Waals surface area contributed by atoms with Crippen molar-refractivity contribution in [1.82, 2.24) is 0 Å². The molecular formula is C25H25NO2. The first kappa shape index (κ1) is 18.2. The number of benzene rings is 3. The van der Waals surface area contributed by atoms with Crippen LogP contribution < -0.4 is 9.64 Å². The SMILES string of the molecule is COc1oc2cc(N(Cc3ccccc3)Cc3ccccc3)c(C)cc2c1C. The highest BCUT2D eigenvalue weighted by molar-refractivity contribution is 5.87. The Bertz CT molecular complexity index is 1030. The summed E-state index contributed by atoms with van der Waals surface area (Å²) in [5, 5.41) is 1.11. The number of hydrogen-bond acceptors (Lipinski definition) is 3. The van der Waals surface area contributed by atoms with Gasteiger partial charge in [0, 0.05) is 35.8 Å². The molecule has 3 aromatic carbocycles. The normalized spacial score (nSPS) is 11.0. The second kappa shape index (κ2) is 7.81. The first-order valence-electron chi connectivity index (χ1n) is 9.56. The van der Waals surface area contributed by atoms with Gasteiger partial charge in [-0.25, -0.2) is 0 Å². The van der Waals surface area contributed by atoms with E-state index < -0.39 is 0 Å². The molecule has 0 bridgehead atoms. The van der Waals surface area contributed by atoms with E-state index in [0.29, 0.717) is 5.95 Å². The molecular weight excluding hydrogens is 346 g/mol. The van der Waals surface area contributed by atoms with Crippen molar-refractivity contribution in [3.63, 3.8) is 0 Å². The van der Waals surface area contributed by atoms with E-state index in [9.17, 15) is 0 Å². The number of aryl methyl sites for hydroxylation is 2. The summed E-state index contributed by atoms with van der Waals surface area (Å²) in [5.74, 6) is 0.587. The van der Waals surface area contributed by atoms with Gasteiger partial charge in [0.2, 0.25) is 0 Å². The van der Waals surface area contributed by atoms with Gasteiger partial charge in [0.05, 0.1) is 7.11 Å². The number of rotatable bonds is 6. The Morgan fingerprint density at radius 1 is 0.821 bits per heavy atom. The summed E-state index contributed by atoms with van der Waals surface area (Å²) in [7, 11) is 1.65. The maximum absolute atomic E-state index is 5.95. The van der Waals surface area contributed by atoms with Crippen LogP contribution in [0.4, 0.5) is 5.69 Å². The molecule has 0 radical (unpaired) electrons. The smallest absolute Gasteiger partial charge is 0.288 e. The minimum Gasteiger partial charge on any atom is -0.468 e. The summed E-state index contributed by atoms with van der Waals surface area (Å²) in [4.78, 5) is 2.41. The summed E-state index contributed by atoms with van der Waals surface area (Å²) in [6.07, 6.45) is 0. The second-order valence-electron chi connectivity index (χ2n) is 7.18. The van der Waals surface area contributed by atoms with Crippen molar-refractivity contribution in [2.24, 2.45) is 0 Å². The lowest BCUT2D eigenvalue weighted by atomic mass is 10.1. The van der Waals surface area contributed by atoms with Crippen LogP contribution in [0, 0.1) is 13.8 Å². The van der Waals surface area contributed by atoms with Gasteiger partial charge in [0.25, 0.3) is 5.95 Å². The molecule has 3 heteroatoms. The predicted molar refractivity (Wildman–Crippen MR) is 115 cm³/mol. The van der Waals surface area contributed by atoms with Crippen LogP contribution in [-0.2, 0) is 13.1 Å². The largest absolute Gasteiger partial charge is 0.468 e. The summed E-state index contributed by atoms with van der Waals surface area (Å²) in [6.45, 7) is 5.87. The van der Waals surface area contributed by atoms with Crippen LogP contribution in [0.25, 0.3) is 11.0 Å². The molecule has 0 spiro atoms. The van der Waals surface area contributed by atoms with E-state index in [1.165, 1.54) is 22.4 Å². The Morgan fingerprint density at radius 3 is 1.93 bits per heavy atom. The molecule has 0 aliphatic rings. The highest BCUT2D eigenvalue weighted by atomic mass is 16.6. The summed E-state index contributed by atoms with van der Waals surface area (Å²) in [5.41, 5.74) is 6.88. The van der Waals surface area contributed by atoms with Gasteiger partial charge in [-0.3, -0.25) is 0 Å². The minimum absolute atomic E-state index is 0.587. The third-order valence-electron chi connectivity index (χ3n) is 5.17. The van der Waals surface area contributed by atoms with E-state index in [4.69, 9.17) is 9.15 Å². The molecule has 0 aliphatic heterocycles. The Labute approximate surface area is 166 Å². The van der Waals surface area contributed by atoms with E-state index >= 15 is 0 Å². The van der Waals surface area contributed by atoms with E-state index in [0.717, 1.165) is 29.6 Å². The number of anilines is 1. The Morgan fingerprint density at radius 2 is 1.39 bits per heavy atom. The average molecular weight is 371 g/mol. The first-order valence-corrected chi connectivity index (χ1v) is 9.56. The molecule has 0 saturated heterocycles. The molecule has 0 atom stereocenters. The van der Waals surface area contributed by atoms with Crippen molar-refractivity contribution >= 4 is 16.7 Å². The highest BCUT2D eigenvalue weighted by Gasteiger charge is 2.17. The Kier molecular flexibility index (Phi) is 5.07. The van der Waals surface area contributed by atoms with Crippen molar-refractivity contribution in [2.45, 2.75) is 26.9 Å². The molecule has 0 amide bonds. The molecule has 1 aromatic heterocycles. The molecule has 4 rings (SSSR count). The van der Waals surface area contributed by atoms with Crippen LogP contribution in [-0.4, -0.2) is 7.11 Å². The molecule has 28 heavy (non-hydrogen) atoms. The first-order chi connectivity index (χ1) is 13.7. The van der Waals surface area contributed by atoms with Gasteiger partial charge in [0.15, 0.2) is 0 Å². The van der Waals surface area contributed by atoms with Crippen molar-refractivity contribution < 1.29 is 9.15 Å². The predicted octanol–water partition coefficient (Wildman–Crippen LogP) is 6.27. The second-order valence-corrected chi connectivity index (χ2v) is 7.18. The molecule has 0 fully saturated rings. The fourth-order valence-corrected chi connectivity index (χ4v) is 3.71. The fraction of sp³-hybridized carbons (Fsp3) is 0.200. The number of hydrogen-bond donors (Lipinski definition) is 0. The van der Waals surface area contributed by atoms with Gasteiger partial charge in [-0.05, 0) is 36.6 Å². The summed E-state index contributed by atoms with van der Waals surface area (Å²) >= 11 is 0. The number of furan rings is 1. The maximum Gasteiger partial charge on any atom is 0.288 e. The van der Waals surface area contributed by atoms with Crippen LogP contribution in [0.2, 0.25) is 0 Å². The average Bonchev–Trinajstić information content (AvgIpc) is 3.03. The molecule has 0 N–H and O–H groups in total. The standard InChI is InChI=1S/C25H25NO2/c1-18-14-22-19(2)25(27-3)28-24(22)15-23(18)26(16-20-10-6-4-7-11-20)17-21-12-8-5-9-13-21/h4-15H,16-17H2,1-3H3. The molecule has 0 unspecified atom stereocenters. The third-order valence-corrected chi connectivity index (χ3v) is 5.17. The van der Waals surface area contributed by atoms with Gasteiger partial charge >= 0.3 is 0 Å². The number of fused-ring (bicyclic) bond motifs is 1. The molecule has 142 valence electrons. The topological polar surface area (TPSA) is 25.6 Å². The Hall–Kier alpha value is -3.20. The van der Waals surface area contributed by atoms with E-state index in [1.807, 2.05) is 6.92 Å². The van der Waals surface area contributed by atoms with Crippen molar-refractivity contribution in [2.75, 3.05) is 12.0 Å². The van der Waals surface area contributed by atoms with Gasteiger partial charge in [-0.2, -0.15) is 0 Å². The zero-order chi connectivity index (χ0) is 19.5. The number of methoxy groups -OCH3 is 1. The minimum atomic E-state index is 0.587. The Balaban J connectivity index is 1.77. The lowest BCUT2D eigenvalue weighted by Gasteiger charge is -2.27. The highest BCUT2D eigenvalue weighted by Crippen LogP contribution is 2.36. The van der Waals surface area contributed by atoms with Crippen molar-refractivity contribution in [3.05, 3.63) is 95.1 Å². The van der Waals surface area contributed by atoms with Crippen LogP contribution in [0.15, 0.2) is 77.2 Å². The summed E-state index contributed by atoms with van der Waals surface area (Å²) in [6, 6.07) is 25.5. The van der Waals surface area contributed by atoms with E-state index in [1.54, 1.807) is 7.11 Å². The quantitative estimate of drug-likeness (QED) is 0.400. The van der Waals surface area contributed by atoms with Crippen LogP contribution in [0.5, 0.6) is 5.95 Å². The maximum atomic E-state index is 5.95. The monoisotopic (exact) mass is 371 g/mol. The molecule has 1 heterocycles. The number of nitrogens with zero attached hydrogens (tertiary/aromatic N) is 1. The van der Waals surface area contributed by atoms with Gasteiger partial charge in [-0.15, -0.1) is 0 Å². The van der Waals surface area contributed by atoms with E-state index in [-0.39, 0.29) is 0 Å². The van der Waals surface area contributed by atoms with Crippen molar-refractivity contribution in [3.8, 4) is 5.95 Å². The molecule has 4 aromatic rings. The zero-order valence-corrected chi connectivity index (χ0v) is 16.6. The lowest BCUT2D eigenvalue weighted by Crippen LogP contribution is -2.23. The van der Waals surface area contributed by atoms with Crippen LogP contribution in [0.1, 0.15) is 22.3 Å². The molecule has 0 aliphatic carbocycles. The van der Waals surface area contributed by atoms with Gasteiger partial charge in [-0.1, -0.05) is 60.7 Å². The third kappa shape index (κ3) is 3.61. The van der Waals surface area contributed by atoms with E-state index in [2.05, 4.69) is 84.6 Å².